The number of benzene rings is 1. The molecule has 14 nitrogen and oxygen atoms in total. The first kappa shape index (κ1) is 49.2. The predicted molar refractivity (Wildman–Crippen MR) is 255 cm³/mol. The van der Waals surface area contributed by atoms with Gasteiger partial charge in [-0.25, -0.2) is 4.79 Å². The van der Waals surface area contributed by atoms with E-state index in [-0.39, 0.29) is 116 Å². The van der Waals surface area contributed by atoms with Crippen molar-refractivity contribution in [2.75, 3.05) is 6.61 Å². The van der Waals surface area contributed by atoms with Gasteiger partial charge in [0.05, 0.1) is 109 Å². The topological polar surface area (TPSA) is 156 Å². The fourth-order valence-corrected chi connectivity index (χ4v) is 14.0. The lowest BCUT2D eigenvalue weighted by atomic mass is 9.78. The maximum atomic E-state index is 12.5. The second-order valence-corrected chi connectivity index (χ2v) is 23.1. The van der Waals surface area contributed by atoms with E-state index in [0.29, 0.717) is 56.4 Å². The highest BCUT2D eigenvalue weighted by molar-refractivity contribution is 5.89. The molecule has 0 aromatic heterocycles. The number of fused-ring (bicyclic) bond motifs is 9. The van der Waals surface area contributed by atoms with Crippen LogP contribution in [0.4, 0.5) is 0 Å². The zero-order chi connectivity index (χ0) is 48.3. The molecule has 8 saturated heterocycles. The minimum absolute atomic E-state index is 0.0876. The third-order valence-electron chi connectivity index (χ3n) is 17.4. The Morgan fingerprint density at radius 1 is 0.686 bits per heavy atom. The van der Waals surface area contributed by atoms with Crippen molar-refractivity contribution in [3.05, 3.63) is 72.4 Å². The number of hydrogen-bond acceptors (Lipinski definition) is 14. The third kappa shape index (κ3) is 10.3. The van der Waals surface area contributed by atoms with Crippen LogP contribution in [0.3, 0.4) is 0 Å². The molecule has 1 N–H and O–H groups in total. The molecule has 11 rings (SSSR count). The second kappa shape index (κ2) is 20.4. The van der Waals surface area contributed by atoms with E-state index in [0.717, 1.165) is 56.9 Å². The van der Waals surface area contributed by atoms with Crippen molar-refractivity contribution in [2.45, 2.75) is 245 Å². The molecule has 10 aliphatic rings. The van der Waals surface area contributed by atoms with Crippen molar-refractivity contribution in [1.82, 2.24) is 0 Å². The van der Waals surface area contributed by atoms with Gasteiger partial charge < -0.3 is 57.2 Å². The molecule has 0 aliphatic carbocycles. The summed E-state index contributed by atoms with van der Waals surface area (Å²) in [5, 5.41) is 11.5. The summed E-state index contributed by atoms with van der Waals surface area (Å²) in [6, 6.07) is 8.91. The number of rotatable bonds is 5. The molecule has 10 aliphatic heterocycles. The van der Waals surface area contributed by atoms with E-state index < -0.39 is 29.4 Å². The summed E-state index contributed by atoms with van der Waals surface area (Å²) < 4.78 is 74.2. The van der Waals surface area contributed by atoms with Crippen LogP contribution in [0.15, 0.2) is 66.8 Å². The number of ether oxygens (including phenoxy) is 11. The van der Waals surface area contributed by atoms with Gasteiger partial charge in [0.2, 0.25) is 0 Å². The molecule has 0 saturated carbocycles. The molecule has 1 aromatic carbocycles. The Balaban J connectivity index is 0.723. The van der Waals surface area contributed by atoms with Gasteiger partial charge in [-0.05, 0) is 108 Å². The van der Waals surface area contributed by atoms with Gasteiger partial charge in [-0.15, -0.1) is 0 Å². The van der Waals surface area contributed by atoms with Gasteiger partial charge in [0.25, 0.3) is 0 Å². The van der Waals surface area contributed by atoms with E-state index in [1.165, 1.54) is 0 Å². The van der Waals surface area contributed by atoms with E-state index in [9.17, 15) is 14.7 Å². The smallest absolute Gasteiger partial charge is 0.338 e. The Kier molecular flexibility index (Phi) is 14.3. The van der Waals surface area contributed by atoms with Gasteiger partial charge in [-0.1, -0.05) is 62.9 Å². The van der Waals surface area contributed by atoms with E-state index >= 15 is 0 Å². The second-order valence-electron chi connectivity index (χ2n) is 23.1. The standard InChI is InChI=1S/C56H76O14/c1-31-22-42-45(27-51(58)66-42)65-50-26-44-46(70-55(50,4)28-31)23-33(3)52-41(63-44)16-10-9-15-37-38(67-52)17-11-19-40-39(62-37)18-12-20-49-56(5,69-40)29-48-43(64-49)25-47-53(68-48)36(57)24-35(61-47)21-32(2)30-60-54(59)34-13-7-6-8-14-34/h6-11,13-14,19,31,33,35-50,52-53,57H,2,12,15-18,20-30H2,1,3-5H3/b10-9-,19-11?/t31-,33+,35-,36+,37?,38+,39?,40-,41?,42+,43?,44?,45?,46+,47?,48-,49?,50?,52-,53+,55-,56+/m1/s1. The highest BCUT2D eigenvalue weighted by Gasteiger charge is 2.57. The van der Waals surface area contributed by atoms with Crippen molar-refractivity contribution in [2.24, 2.45) is 11.8 Å². The number of hydrogen-bond donors (Lipinski definition) is 1. The van der Waals surface area contributed by atoms with Crippen molar-refractivity contribution < 1.29 is 66.8 Å². The lowest BCUT2D eigenvalue weighted by Gasteiger charge is -2.55. The van der Waals surface area contributed by atoms with Gasteiger partial charge in [-0.3, -0.25) is 4.79 Å². The van der Waals surface area contributed by atoms with Crippen LogP contribution in [0.5, 0.6) is 0 Å². The van der Waals surface area contributed by atoms with Crippen molar-refractivity contribution in [3.63, 3.8) is 0 Å². The number of aliphatic hydroxyl groups excluding tert-OH is 1. The van der Waals surface area contributed by atoms with Crippen LogP contribution in [0, 0.1) is 11.8 Å². The predicted octanol–water partition coefficient (Wildman–Crippen LogP) is 7.61. The molecule has 0 bridgehead atoms. The van der Waals surface area contributed by atoms with Crippen molar-refractivity contribution in [3.8, 4) is 0 Å². The first-order valence-electron chi connectivity index (χ1n) is 26.8. The summed E-state index contributed by atoms with van der Waals surface area (Å²) in [7, 11) is 0. The Bertz CT molecular complexity index is 2100. The quantitative estimate of drug-likeness (QED) is 0.227. The molecule has 70 heavy (non-hydrogen) atoms. The van der Waals surface area contributed by atoms with Crippen molar-refractivity contribution >= 4 is 11.9 Å². The zero-order valence-corrected chi connectivity index (χ0v) is 41.5. The maximum absolute atomic E-state index is 12.5. The fraction of sp³-hybridized carbons (Fsp3) is 0.750. The van der Waals surface area contributed by atoms with Crippen molar-refractivity contribution in [1.29, 1.82) is 0 Å². The van der Waals surface area contributed by atoms with E-state index in [2.05, 4.69) is 58.6 Å². The van der Waals surface area contributed by atoms with E-state index in [1.54, 1.807) is 24.3 Å². The number of esters is 2. The summed E-state index contributed by atoms with van der Waals surface area (Å²) in [5.74, 6) is -0.0736. The molecule has 9 unspecified atom stereocenters. The molecule has 1 aromatic rings. The minimum atomic E-state index is -0.720. The summed E-state index contributed by atoms with van der Waals surface area (Å²) in [4.78, 5) is 24.9. The van der Waals surface area contributed by atoms with Gasteiger partial charge >= 0.3 is 11.9 Å². The molecule has 14 heteroatoms. The third-order valence-corrected chi connectivity index (χ3v) is 17.4. The van der Waals surface area contributed by atoms with Crippen LogP contribution < -0.4 is 0 Å². The van der Waals surface area contributed by atoms with E-state index in [1.807, 2.05) is 6.07 Å². The molecule has 8 fully saturated rings. The van der Waals surface area contributed by atoms with Crippen LogP contribution in [0.1, 0.15) is 134 Å². The van der Waals surface area contributed by atoms with Crippen LogP contribution in [-0.4, -0.2) is 145 Å². The molecule has 384 valence electrons. The number of carbonyl (C=O) groups excluding carboxylic acids is 2. The lowest BCUT2D eigenvalue weighted by molar-refractivity contribution is -0.316. The maximum Gasteiger partial charge on any atom is 0.338 e. The highest BCUT2D eigenvalue weighted by atomic mass is 16.6. The molecule has 0 spiro atoms. The van der Waals surface area contributed by atoms with Gasteiger partial charge in [0.1, 0.15) is 31.0 Å². The fourth-order valence-electron chi connectivity index (χ4n) is 14.0. The minimum Gasteiger partial charge on any atom is -0.459 e. The molecule has 0 amide bonds. The molecular weight excluding hydrogens is 897 g/mol. The lowest BCUT2D eigenvalue weighted by Crippen LogP contribution is -2.65. The summed E-state index contributed by atoms with van der Waals surface area (Å²) in [6.07, 6.45) is 14.7. The molecule has 0 radical (unpaired) electrons. The van der Waals surface area contributed by atoms with Gasteiger partial charge in [0.15, 0.2) is 0 Å². The average Bonchev–Trinajstić information content (AvgIpc) is 3.62. The Hall–Kier alpha value is -3.02. The molecule has 10 heterocycles. The first-order chi connectivity index (χ1) is 33.8. The molecule has 22 atom stereocenters. The zero-order valence-electron chi connectivity index (χ0n) is 41.5. The van der Waals surface area contributed by atoms with E-state index in [4.69, 9.17) is 52.1 Å². The van der Waals surface area contributed by atoms with Gasteiger partial charge in [-0.2, -0.15) is 0 Å². The monoisotopic (exact) mass is 973 g/mol. The molecular formula is C56H76O14. The summed E-state index contributed by atoms with van der Waals surface area (Å²) >= 11 is 0. The first-order valence-corrected chi connectivity index (χ1v) is 26.8. The number of carbonyl (C=O) groups is 2. The normalized spacial score (nSPS) is 48.4. The SMILES string of the molecule is C=C(COC(=O)c1ccccc1)C[C@@H]1C[C@H](O)[C@@H]2O[C@@H]3C[C@]4(C)O[C@@H]5C=CC[C@@H]6O[C@H]7C(C/C=C\CC6OC5CCCC4OC3CC2O1)OC1CC2OC3CC(=O)O[C@H]3C[C@@H](C)C[C@@]2(C)O[C@H]1C[C@@H]7C. The van der Waals surface area contributed by atoms with Crippen LogP contribution in [0.2, 0.25) is 0 Å². The summed E-state index contributed by atoms with van der Waals surface area (Å²) in [5.41, 5.74) is 0.0913. The largest absolute Gasteiger partial charge is 0.459 e. The Morgan fingerprint density at radius 3 is 2.26 bits per heavy atom. The Morgan fingerprint density at radius 2 is 1.41 bits per heavy atom. The van der Waals surface area contributed by atoms with Crippen LogP contribution in [0.25, 0.3) is 0 Å². The van der Waals surface area contributed by atoms with Gasteiger partial charge in [0, 0.05) is 25.7 Å². The summed E-state index contributed by atoms with van der Waals surface area (Å²) in [6.45, 7) is 13.1. The average molecular weight is 973 g/mol. The number of aliphatic hydroxyl groups is 1. The van der Waals surface area contributed by atoms with Crippen LogP contribution in [-0.2, 0) is 56.9 Å². The highest BCUT2D eigenvalue weighted by Crippen LogP contribution is 2.48. The Labute approximate surface area is 413 Å². The van der Waals surface area contributed by atoms with Crippen LogP contribution >= 0.6 is 0 Å².